The minimum absolute atomic E-state index is 0.133. The molecule has 3 nitrogen and oxygen atoms in total. The number of aliphatic hydroxyl groups is 1. The second-order valence-corrected chi connectivity index (χ2v) is 3.75. The number of nitriles is 1. The molecular weight excluding hydrogens is 164 g/mol. The number of nitrogens with zero attached hydrogens (tertiary/aromatic N) is 2. The van der Waals surface area contributed by atoms with Crippen molar-refractivity contribution >= 4 is 0 Å². The fourth-order valence-corrected chi connectivity index (χ4v) is 1.90. The average Bonchev–Trinajstić information content (AvgIpc) is 2.57. The van der Waals surface area contributed by atoms with Gasteiger partial charge in [0.25, 0.3) is 0 Å². The molecule has 0 aliphatic carbocycles. The van der Waals surface area contributed by atoms with Gasteiger partial charge < -0.3 is 5.11 Å². The highest BCUT2D eigenvalue weighted by atomic mass is 16.3. The van der Waals surface area contributed by atoms with Crippen LogP contribution in [0.4, 0.5) is 0 Å². The second kappa shape index (κ2) is 5.21. The zero-order chi connectivity index (χ0) is 9.68. The first-order valence-electron chi connectivity index (χ1n) is 5.06. The van der Waals surface area contributed by atoms with E-state index in [2.05, 4.69) is 17.9 Å². The Hall–Kier alpha value is -0.590. The van der Waals surface area contributed by atoms with Crippen molar-refractivity contribution in [2.45, 2.75) is 32.2 Å². The summed E-state index contributed by atoms with van der Waals surface area (Å²) in [5, 5.41) is 17.9. The van der Waals surface area contributed by atoms with E-state index in [0.717, 1.165) is 25.9 Å². The molecule has 3 heteroatoms. The Morgan fingerprint density at radius 2 is 2.38 bits per heavy atom. The van der Waals surface area contributed by atoms with Crippen LogP contribution in [0.2, 0.25) is 0 Å². The Balaban J connectivity index is 2.39. The maximum absolute atomic E-state index is 9.10. The topological polar surface area (TPSA) is 47.3 Å². The minimum Gasteiger partial charge on any atom is -0.395 e. The molecule has 0 amide bonds. The highest BCUT2D eigenvalue weighted by molar-refractivity contribution is 4.95. The van der Waals surface area contributed by atoms with Gasteiger partial charge in [0.05, 0.1) is 18.6 Å². The van der Waals surface area contributed by atoms with Crippen LogP contribution in [0.3, 0.4) is 0 Å². The molecule has 1 saturated heterocycles. The zero-order valence-corrected chi connectivity index (χ0v) is 8.24. The third kappa shape index (κ3) is 2.68. The van der Waals surface area contributed by atoms with Crippen molar-refractivity contribution in [2.75, 3.05) is 19.7 Å². The zero-order valence-electron chi connectivity index (χ0n) is 8.24. The molecule has 0 radical (unpaired) electrons. The Labute approximate surface area is 80.0 Å². The molecule has 0 spiro atoms. The molecule has 1 aliphatic rings. The van der Waals surface area contributed by atoms with Crippen molar-refractivity contribution in [3.05, 3.63) is 0 Å². The molecule has 2 unspecified atom stereocenters. The van der Waals surface area contributed by atoms with Crippen LogP contribution in [0.5, 0.6) is 0 Å². The molecule has 1 N–H and O–H groups in total. The first-order chi connectivity index (χ1) is 6.31. The molecule has 0 bridgehead atoms. The van der Waals surface area contributed by atoms with Crippen LogP contribution in [0.1, 0.15) is 26.2 Å². The van der Waals surface area contributed by atoms with E-state index in [1.807, 2.05) is 0 Å². The SMILES string of the molecule is CCCCN1CC(C#N)CC1CO. The van der Waals surface area contributed by atoms with E-state index >= 15 is 0 Å². The minimum atomic E-state index is 0.133. The van der Waals surface area contributed by atoms with Gasteiger partial charge in [-0.3, -0.25) is 4.90 Å². The van der Waals surface area contributed by atoms with Gasteiger partial charge in [-0.15, -0.1) is 0 Å². The number of hydrogen-bond donors (Lipinski definition) is 1. The van der Waals surface area contributed by atoms with Crippen LogP contribution >= 0.6 is 0 Å². The molecule has 1 aliphatic heterocycles. The summed E-state index contributed by atoms with van der Waals surface area (Å²) in [7, 11) is 0. The fraction of sp³-hybridized carbons (Fsp3) is 0.900. The van der Waals surface area contributed by atoms with E-state index in [1.54, 1.807) is 0 Å². The third-order valence-electron chi connectivity index (χ3n) is 2.72. The number of rotatable bonds is 4. The summed E-state index contributed by atoms with van der Waals surface area (Å²) in [6.45, 7) is 4.23. The Kier molecular flexibility index (Phi) is 4.20. The summed E-state index contributed by atoms with van der Waals surface area (Å²) in [6.07, 6.45) is 3.18. The van der Waals surface area contributed by atoms with Gasteiger partial charge in [-0.1, -0.05) is 13.3 Å². The van der Waals surface area contributed by atoms with Gasteiger partial charge in [0.1, 0.15) is 0 Å². The molecule has 1 heterocycles. The Morgan fingerprint density at radius 1 is 1.62 bits per heavy atom. The van der Waals surface area contributed by atoms with Crippen molar-refractivity contribution in [1.82, 2.24) is 4.90 Å². The van der Waals surface area contributed by atoms with Gasteiger partial charge in [-0.25, -0.2) is 0 Å². The van der Waals surface area contributed by atoms with Gasteiger partial charge in [-0.05, 0) is 19.4 Å². The van der Waals surface area contributed by atoms with Crippen LogP contribution < -0.4 is 0 Å². The lowest BCUT2D eigenvalue weighted by molar-refractivity contribution is 0.157. The summed E-state index contributed by atoms with van der Waals surface area (Å²) in [5.74, 6) is 0.133. The van der Waals surface area contributed by atoms with Crippen molar-refractivity contribution < 1.29 is 5.11 Å². The molecule has 1 rings (SSSR count). The van der Waals surface area contributed by atoms with E-state index in [1.165, 1.54) is 6.42 Å². The molecule has 2 atom stereocenters. The third-order valence-corrected chi connectivity index (χ3v) is 2.72. The van der Waals surface area contributed by atoms with Crippen LogP contribution in [-0.2, 0) is 0 Å². The molecule has 0 aromatic rings. The summed E-state index contributed by atoms with van der Waals surface area (Å²) >= 11 is 0. The van der Waals surface area contributed by atoms with Crippen LogP contribution in [-0.4, -0.2) is 35.7 Å². The Bertz CT molecular complexity index is 188. The Morgan fingerprint density at radius 3 is 2.92 bits per heavy atom. The highest BCUT2D eigenvalue weighted by Gasteiger charge is 2.30. The number of aliphatic hydroxyl groups excluding tert-OH is 1. The quantitative estimate of drug-likeness (QED) is 0.705. The highest BCUT2D eigenvalue weighted by Crippen LogP contribution is 2.22. The normalized spacial score (nSPS) is 29.0. The lowest BCUT2D eigenvalue weighted by Gasteiger charge is -2.21. The number of hydrogen-bond acceptors (Lipinski definition) is 3. The second-order valence-electron chi connectivity index (χ2n) is 3.75. The molecular formula is C10H18N2O. The lowest BCUT2D eigenvalue weighted by atomic mass is 10.1. The molecule has 74 valence electrons. The molecule has 13 heavy (non-hydrogen) atoms. The molecule has 1 fully saturated rings. The summed E-state index contributed by atoms with van der Waals surface area (Å²) in [6, 6.07) is 2.51. The maximum atomic E-state index is 9.10. The largest absolute Gasteiger partial charge is 0.395 e. The van der Waals surface area contributed by atoms with Crippen molar-refractivity contribution in [2.24, 2.45) is 5.92 Å². The smallest absolute Gasteiger partial charge is 0.0669 e. The standard InChI is InChI=1S/C10H18N2O/c1-2-3-4-12-7-9(6-11)5-10(12)8-13/h9-10,13H,2-5,7-8H2,1H3. The van der Waals surface area contributed by atoms with Crippen molar-refractivity contribution in [3.63, 3.8) is 0 Å². The summed E-state index contributed by atoms with van der Waals surface area (Å²) in [4.78, 5) is 2.25. The average molecular weight is 182 g/mol. The maximum Gasteiger partial charge on any atom is 0.0669 e. The predicted octanol–water partition coefficient (Wildman–Crippen LogP) is 0.993. The van der Waals surface area contributed by atoms with Gasteiger partial charge in [0, 0.05) is 12.6 Å². The first kappa shape index (κ1) is 10.5. The first-order valence-corrected chi connectivity index (χ1v) is 5.06. The van der Waals surface area contributed by atoms with E-state index in [-0.39, 0.29) is 18.6 Å². The number of unbranched alkanes of at least 4 members (excludes halogenated alkanes) is 1. The van der Waals surface area contributed by atoms with Gasteiger partial charge >= 0.3 is 0 Å². The van der Waals surface area contributed by atoms with Crippen LogP contribution in [0, 0.1) is 17.2 Å². The fourth-order valence-electron chi connectivity index (χ4n) is 1.90. The summed E-state index contributed by atoms with van der Waals surface area (Å²) < 4.78 is 0. The number of likely N-dealkylation sites (tertiary alicyclic amines) is 1. The van der Waals surface area contributed by atoms with Crippen molar-refractivity contribution in [1.29, 1.82) is 5.26 Å². The van der Waals surface area contributed by atoms with E-state index in [0.29, 0.717) is 0 Å². The monoisotopic (exact) mass is 182 g/mol. The van der Waals surface area contributed by atoms with Crippen LogP contribution in [0.15, 0.2) is 0 Å². The summed E-state index contributed by atoms with van der Waals surface area (Å²) in [5.41, 5.74) is 0. The van der Waals surface area contributed by atoms with Gasteiger partial charge in [0.2, 0.25) is 0 Å². The van der Waals surface area contributed by atoms with Crippen molar-refractivity contribution in [3.8, 4) is 6.07 Å². The van der Waals surface area contributed by atoms with E-state index < -0.39 is 0 Å². The van der Waals surface area contributed by atoms with Gasteiger partial charge in [0.15, 0.2) is 0 Å². The molecule has 0 saturated carbocycles. The predicted molar refractivity (Wildman–Crippen MR) is 51.1 cm³/mol. The van der Waals surface area contributed by atoms with E-state index in [4.69, 9.17) is 10.4 Å². The van der Waals surface area contributed by atoms with E-state index in [9.17, 15) is 0 Å². The lowest BCUT2D eigenvalue weighted by Crippen LogP contribution is -2.33. The molecule has 0 aromatic carbocycles. The molecule has 0 aromatic heterocycles. The van der Waals surface area contributed by atoms with Gasteiger partial charge in [-0.2, -0.15) is 5.26 Å². The van der Waals surface area contributed by atoms with Crippen LogP contribution in [0.25, 0.3) is 0 Å².